The summed E-state index contributed by atoms with van der Waals surface area (Å²) in [5.74, 6) is 0.0926. The van der Waals surface area contributed by atoms with E-state index >= 15 is 0 Å². The molecule has 2 N–H and O–H groups in total. The molecule has 16 heavy (non-hydrogen) atoms. The summed E-state index contributed by atoms with van der Waals surface area (Å²) >= 11 is 0. The zero-order chi connectivity index (χ0) is 11.5. The minimum Gasteiger partial charge on any atom is -0.508 e. The second kappa shape index (κ2) is 4.02. The van der Waals surface area contributed by atoms with Crippen LogP contribution in [0.4, 0.5) is 0 Å². The Bertz CT molecular complexity index is 564. The maximum absolute atomic E-state index is 10.4. The standard InChI is InChI=1S/C12H10N2O2/c1-8(14-7-15)11-5-9(16)6-12-10(11)3-2-4-13-12/h2-7,16H,1H2,(H,14,15). The van der Waals surface area contributed by atoms with Gasteiger partial charge in [-0.3, -0.25) is 9.78 Å². The molecule has 0 saturated heterocycles. The van der Waals surface area contributed by atoms with Gasteiger partial charge in [-0.1, -0.05) is 12.6 Å². The lowest BCUT2D eigenvalue weighted by atomic mass is 10.1. The lowest BCUT2D eigenvalue weighted by Gasteiger charge is -2.08. The molecule has 1 amide bonds. The molecule has 0 fully saturated rings. The van der Waals surface area contributed by atoms with Gasteiger partial charge in [0.2, 0.25) is 6.41 Å². The van der Waals surface area contributed by atoms with Gasteiger partial charge >= 0.3 is 0 Å². The van der Waals surface area contributed by atoms with Crippen LogP contribution in [0, 0.1) is 0 Å². The Morgan fingerprint density at radius 2 is 2.31 bits per heavy atom. The van der Waals surface area contributed by atoms with Gasteiger partial charge in [0, 0.05) is 28.9 Å². The van der Waals surface area contributed by atoms with Crippen molar-refractivity contribution in [3.8, 4) is 5.75 Å². The molecule has 0 aliphatic heterocycles. The van der Waals surface area contributed by atoms with Gasteiger partial charge < -0.3 is 10.4 Å². The minimum absolute atomic E-state index is 0.0926. The van der Waals surface area contributed by atoms with Crippen LogP contribution >= 0.6 is 0 Å². The van der Waals surface area contributed by atoms with Crippen LogP contribution in [0.5, 0.6) is 5.75 Å². The third-order valence-corrected chi connectivity index (χ3v) is 2.26. The van der Waals surface area contributed by atoms with Crippen LogP contribution in [-0.4, -0.2) is 16.5 Å². The van der Waals surface area contributed by atoms with E-state index in [-0.39, 0.29) is 5.75 Å². The molecule has 4 heteroatoms. The van der Waals surface area contributed by atoms with E-state index in [1.165, 1.54) is 0 Å². The first-order valence-electron chi connectivity index (χ1n) is 4.69. The van der Waals surface area contributed by atoms with Crippen molar-refractivity contribution >= 4 is 23.0 Å². The third kappa shape index (κ3) is 1.72. The summed E-state index contributed by atoms with van der Waals surface area (Å²) < 4.78 is 0. The normalized spacial score (nSPS) is 10.0. The smallest absolute Gasteiger partial charge is 0.211 e. The number of hydrogen-bond donors (Lipinski definition) is 2. The largest absolute Gasteiger partial charge is 0.508 e. The lowest BCUT2D eigenvalue weighted by Crippen LogP contribution is -2.08. The highest BCUT2D eigenvalue weighted by Gasteiger charge is 2.06. The molecule has 1 aromatic heterocycles. The predicted molar refractivity (Wildman–Crippen MR) is 61.6 cm³/mol. The highest BCUT2D eigenvalue weighted by Crippen LogP contribution is 2.26. The zero-order valence-corrected chi connectivity index (χ0v) is 8.47. The summed E-state index contributed by atoms with van der Waals surface area (Å²) in [6.45, 7) is 3.72. The molecule has 0 aliphatic carbocycles. The van der Waals surface area contributed by atoms with Crippen molar-refractivity contribution in [1.82, 2.24) is 10.3 Å². The molecular formula is C12H10N2O2. The molecule has 0 atom stereocenters. The Balaban J connectivity index is 2.67. The summed E-state index contributed by atoms with van der Waals surface area (Å²) in [5.41, 5.74) is 1.76. The van der Waals surface area contributed by atoms with Crippen LogP contribution in [0.2, 0.25) is 0 Å². The fourth-order valence-electron chi connectivity index (χ4n) is 1.57. The first kappa shape index (κ1) is 10.2. The summed E-state index contributed by atoms with van der Waals surface area (Å²) in [5, 5.41) is 12.8. The second-order valence-corrected chi connectivity index (χ2v) is 3.30. The van der Waals surface area contributed by atoms with E-state index in [0.29, 0.717) is 23.2 Å². The van der Waals surface area contributed by atoms with E-state index in [9.17, 15) is 9.90 Å². The van der Waals surface area contributed by atoms with Gasteiger partial charge in [-0.05, 0) is 12.1 Å². The van der Waals surface area contributed by atoms with Crippen molar-refractivity contribution < 1.29 is 9.90 Å². The summed E-state index contributed by atoms with van der Waals surface area (Å²) in [4.78, 5) is 14.5. The van der Waals surface area contributed by atoms with E-state index in [1.54, 1.807) is 24.4 Å². The number of nitrogens with zero attached hydrogens (tertiary/aromatic N) is 1. The third-order valence-electron chi connectivity index (χ3n) is 2.26. The molecule has 4 nitrogen and oxygen atoms in total. The molecule has 1 aromatic carbocycles. The Morgan fingerprint density at radius 1 is 1.50 bits per heavy atom. The molecule has 0 bridgehead atoms. The highest BCUT2D eigenvalue weighted by molar-refractivity contribution is 5.93. The Morgan fingerprint density at radius 3 is 3.06 bits per heavy atom. The monoisotopic (exact) mass is 214 g/mol. The molecular weight excluding hydrogens is 204 g/mol. The number of aromatic nitrogens is 1. The quantitative estimate of drug-likeness (QED) is 0.764. The number of rotatable bonds is 3. The zero-order valence-electron chi connectivity index (χ0n) is 8.47. The molecule has 2 rings (SSSR count). The molecule has 0 spiro atoms. The fraction of sp³-hybridized carbons (Fsp3) is 0. The van der Waals surface area contributed by atoms with E-state index in [4.69, 9.17) is 0 Å². The van der Waals surface area contributed by atoms with Crippen LogP contribution in [0.25, 0.3) is 16.6 Å². The van der Waals surface area contributed by atoms with Gasteiger partial charge in [0.25, 0.3) is 0 Å². The van der Waals surface area contributed by atoms with Crippen LogP contribution in [0.15, 0.2) is 37.0 Å². The number of fused-ring (bicyclic) bond motifs is 1. The number of amides is 1. The van der Waals surface area contributed by atoms with Gasteiger partial charge in [-0.15, -0.1) is 0 Å². The number of hydrogen-bond acceptors (Lipinski definition) is 3. The van der Waals surface area contributed by atoms with Gasteiger partial charge in [0.15, 0.2) is 0 Å². The van der Waals surface area contributed by atoms with E-state index in [0.717, 1.165) is 5.39 Å². The number of aromatic hydroxyl groups is 1. The topological polar surface area (TPSA) is 62.2 Å². The number of phenolic OH excluding ortho intramolecular Hbond substituents is 1. The van der Waals surface area contributed by atoms with E-state index < -0.39 is 0 Å². The van der Waals surface area contributed by atoms with Crippen molar-refractivity contribution in [1.29, 1.82) is 0 Å². The summed E-state index contributed by atoms with van der Waals surface area (Å²) in [6, 6.07) is 6.75. The number of carbonyl (C=O) groups is 1. The SMILES string of the molecule is C=C(NC=O)c1cc(O)cc2ncccc12. The Kier molecular flexibility index (Phi) is 2.55. The van der Waals surface area contributed by atoms with Crippen molar-refractivity contribution in [2.45, 2.75) is 0 Å². The fourth-order valence-corrected chi connectivity index (χ4v) is 1.57. The van der Waals surface area contributed by atoms with Crippen molar-refractivity contribution in [2.24, 2.45) is 0 Å². The molecule has 0 radical (unpaired) electrons. The predicted octanol–water partition coefficient (Wildman–Crippen LogP) is 1.66. The molecule has 0 unspecified atom stereocenters. The number of pyridine rings is 1. The number of carbonyl (C=O) groups excluding carboxylic acids is 1. The van der Waals surface area contributed by atoms with Gasteiger partial charge in [0.05, 0.1) is 5.52 Å². The Labute approximate surface area is 92.2 Å². The molecule has 1 heterocycles. The molecule has 80 valence electrons. The summed E-state index contributed by atoms with van der Waals surface area (Å²) in [7, 11) is 0. The van der Waals surface area contributed by atoms with E-state index in [2.05, 4.69) is 16.9 Å². The maximum atomic E-state index is 10.4. The molecule has 0 saturated carbocycles. The number of phenols is 1. The van der Waals surface area contributed by atoms with Crippen LogP contribution in [0.1, 0.15) is 5.56 Å². The molecule has 0 aliphatic rings. The lowest BCUT2D eigenvalue weighted by molar-refractivity contribution is -0.108. The minimum atomic E-state index is 0.0926. The maximum Gasteiger partial charge on any atom is 0.211 e. The van der Waals surface area contributed by atoms with Crippen molar-refractivity contribution in [3.05, 3.63) is 42.6 Å². The van der Waals surface area contributed by atoms with Gasteiger partial charge in [0.1, 0.15) is 5.75 Å². The van der Waals surface area contributed by atoms with Gasteiger partial charge in [-0.25, -0.2) is 0 Å². The van der Waals surface area contributed by atoms with Crippen LogP contribution < -0.4 is 5.32 Å². The summed E-state index contributed by atoms with van der Waals surface area (Å²) in [6.07, 6.45) is 2.19. The van der Waals surface area contributed by atoms with Crippen molar-refractivity contribution in [3.63, 3.8) is 0 Å². The Hall–Kier alpha value is -2.36. The van der Waals surface area contributed by atoms with Gasteiger partial charge in [-0.2, -0.15) is 0 Å². The molecule has 2 aromatic rings. The average Bonchev–Trinajstić information content (AvgIpc) is 2.28. The van der Waals surface area contributed by atoms with Crippen LogP contribution in [0.3, 0.4) is 0 Å². The first-order valence-corrected chi connectivity index (χ1v) is 4.69. The average molecular weight is 214 g/mol. The highest BCUT2D eigenvalue weighted by atomic mass is 16.3. The van der Waals surface area contributed by atoms with Crippen LogP contribution in [-0.2, 0) is 4.79 Å². The van der Waals surface area contributed by atoms with Crippen molar-refractivity contribution in [2.75, 3.05) is 0 Å². The first-order chi connectivity index (χ1) is 7.72. The number of nitrogens with one attached hydrogen (secondary N) is 1. The second-order valence-electron chi connectivity index (χ2n) is 3.30. The van der Waals surface area contributed by atoms with E-state index in [1.807, 2.05) is 6.07 Å². The number of benzene rings is 1.